The molecule has 0 saturated carbocycles. The number of aryl methyl sites for hydroxylation is 2. The van der Waals surface area contributed by atoms with Crippen LogP contribution in [0.2, 0.25) is 0 Å². The molecule has 0 aliphatic carbocycles. The van der Waals surface area contributed by atoms with Crippen molar-refractivity contribution in [3.05, 3.63) is 22.9 Å². The molecule has 1 aliphatic rings. The van der Waals surface area contributed by atoms with Gasteiger partial charge >= 0.3 is 0 Å². The van der Waals surface area contributed by atoms with Crippen molar-refractivity contribution >= 4 is 5.82 Å². The molecule has 0 spiro atoms. The largest absolute Gasteiger partial charge is 0.356 e. The van der Waals surface area contributed by atoms with E-state index >= 15 is 0 Å². The molecule has 15 heavy (non-hydrogen) atoms. The highest BCUT2D eigenvalue weighted by atomic mass is 15.2. The predicted octanol–water partition coefficient (Wildman–Crippen LogP) is 1.76. The third-order valence-corrected chi connectivity index (χ3v) is 3.06. The molecular weight excluding hydrogens is 186 g/mol. The first-order valence-corrected chi connectivity index (χ1v) is 5.64. The molecule has 3 nitrogen and oxygen atoms in total. The van der Waals surface area contributed by atoms with Crippen LogP contribution in [0.5, 0.6) is 0 Å². The summed E-state index contributed by atoms with van der Waals surface area (Å²) < 4.78 is 0. The summed E-state index contributed by atoms with van der Waals surface area (Å²) in [6.45, 7) is 7.01. The minimum atomic E-state index is 0.588. The van der Waals surface area contributed by atoms with E-state index in [1.165, 1.54) is 24.0 Å². The molecule has 2 rings (SSSR count). The average Bonchev–Trinajstić information content (AvgIpc) is 2.69. The maximum absolute atomic E-state index is 5.80. The highest BCUT2D eigenvalue weighted by molar-refractivity contribution is 5.52. The molecule has 3 heteroatoms. The van der Waals surface area contributed by atoms with Gasteiger partial charge in [-0.05, 0) is 38.3 Å². The van der Waals surface area contributed by atoms with E-state index in [-0.39, 0.29) is 0 Å². The van der Waals surface area contributed by atoms with Crippen LogP contribution in [0.15, 0.2) is 6.07 Å². The lowest BCUT2D eigenvalue weighted by molar-refractivity contribution is 0.891. The molecule has 1 aromatic rings. The molecule has 0 bridgehead atoms. The van der Waals surface area contributed by atoms with Gasteiger partial charge in [0.05, 0.1) is 0 Å². The highest BCUT2D eigenvalue weighted by Crippen LogP contribution is 2.25. The first kappa shape index (κ1) is 10.4. The number of hydrogen-bond donors (Lipinski definition) is 1. The number of hydrogen-bond acceptors (Lipinski definition) is 3. The Hall–Kier alpha value is -1.09. The standard InChI is InChI=1S/C12H19N3/c1-9-7-10(2)14-12(11(9)8-13)15-5-3-4-6-15/h7H,3-6,8,13H2,1-2H3. The normalized spacial score (nSPS) is 16.1. The van der Waals surface area contributed by atoms with Gasteiger partial charge in [0.1, 0.15) is 5.82 Å². The van der Waals surface area contributed by atoms with E-state index in [9.17, 15) is 0 Å². The minimum Gasteiger partial charge on any atom is -0.356 e. The quantitative estimate of drug-likeness (QED) is 0.800. The van der Waals surface area contributed by atoms with Gasteiger partial charge in [-0.25, -0.2) is 4.98 Å². The number of nitrogens with zero attached hydrogens (tertiary/aromatic N) is 2. The SMILES string of the molecule is Cc1cc(C)c(CN)c(N2CCCC2)n1. The second kappa shape index (κ2) is 4.19. The molecule has 0 atom stereocenters. The zero-order valence-electron chi connectivity index (χ0n) is 9.58. The first-order chi connectivity index (χ1) is 7.22. The van der Waals surface area contributed by atoms with Crippen molar-refractivity contribution in [1.29, 1.82) is 0 Å². The van der Waals surface area contributed by atoms with Gasteiger partial charge in [0, 0.05) is 30.9 Å². The molecule has 1 aromatic heterocycles. The van der Waals surface area contributed by atoms with Crippen LogP contribution in [0.4, 0.5) is 5.82 Å². The number of nitrogens with two attached hydrogens (primary N) is 1. The molecule has 2 heterocycles. The second-order valence-electron chi connectivity index (χ2n) is 4.28. The van der Waals surface area contributed by atoms with Gasteiger partial charge in [-0.15, -0.1) is 0 Å². The molecular formula is C12H19N3. The Morgan fingerprint density at radius 1 is 1.33 bits per heavy atom. The van der Waals surface area contributed by atoms with Crippen LogP contribution < -0.4 is 10.6 Å². The Morgan fingerprint density at radius 3 is 2.60 bits per heavy atom. The molecule has 1 fully saturated rings. The Bertz CT molecular complexity index is 354. The molecule has 1 saturated heterocycles. The van der Waals surface area contributed by atoms with Crippen LogP contribution >= 0.6 is 0 Å². The van der Waals surface area contributed by atoms with Gasteiger partial charge < -0.3 is 10.6 Å². The Labute approximate surface area is 91.3 Å². The summed E-state index contributed by atoms with van der Waals surface area (Å²) in [5, 5.41) is 0. The lowest BCUT2D eigenvalue weighted by Crippen LogP contribution is -2.22. The fourth-order valence-electron chi connectivity index (χ4n) is 2.29. The van der Waals surface area contributed by atoms with Gasteiger partial charge in [0.25, 0.3) is 0 Å². The van der Waals surface area contributed by atoms with E-state index in [1.54, 1.807) is 0 Å². The summed E-state index contributed by atoms with van der Waals surface area (Å²) in [5.41, 5.74) is 9.37. The smallest absolute Gasteiger partial charge is 0.133 e. The van der Waals surface area contributed by atoms with E-state index in [1.807, 2.05) is 6.92 Å². The summed E-state index contributed by atoms with van der Waals surface area (Å²) in [7, 11) is 0. The zero-order valence-corrected chi connectivity index (χ0v) is 9.58. The van der Waals surface area contributed by atoms with Crippen molar-refractivity contribution in [1.82, 2.24) is 4.98 Å². The van der Waals surface area contributed by atoms with Gasteiger partial charge in [-0.2, -0.15) is 0 Å². The summed E-state index contributed by atoms with van der Waals surface area (Å²) >= 11 is 0. The summed E-state index contributed by atoms with van der Waals surface area (Å²) in [6, 6.07) is 2.11. The highest BCUT2D eigenvalue weighted by Gasteiger charge is 2.18. The number of pyridine rings is 1. The third-order valence-electron chi connectivity index (χ3n) is 3.06. The van der Waals surface area contributed by atoms with Crippen LogP contribution in [0.25, 0.3) is 0 Å². The molecule has 2 N–H and O–H groups in total. The van der Waals surface area contributed by atoms with Crippen LogP contribution in [-0.2, 0) is 6.54 Å². The van der Waals surface area contributed by atoms with Crippen molar-refractivity contribution < 1.29 is 0 Å². The fourth-order valence-corrected chi connectivity index (χ4v) is 2.29. The van der Waals surface area contributed by atoms with Crippen LogP contribution in [0, 0.1) is 13.8 Å². The molecule has 0 amide bonds. The van der Waals surface area contributed by atoms with Crippen LogP contribution in [0.1, 0.15) is 29.7 Å². The molecule has 0 unspecified atom stereocenters. The molecule has 0 radical (unpaired) electrons. The molecule has 0 aromatic carbocycles. The van der Waals surface area contributed by atoms with Crippen LogP contribution in [-0.4, -0.2) is 18.1 Å². The Balaban J connectivity index is 2.42. The monoisotopic (exact) mass is 205 g/mol. The second-order valence-corrected chi connectivity index (χ2v) is 4.28. The predicted molar refractivity (Wildman–Crippen MR) is 63.0 cm³/mol. The van der Waals surface area contributed by atoms with E-state index in [0.717, 1.165) is 24.6 Å². The van der Waals surface area contributed by atoms with Crippen LogP contribution in [0.3, 0.4) is 0 Å². The third kappa shape index (κ3) is 1.97. The van der Waals surface area contributed by atoms with E-state index in [2.05, 4.69) is 22.9 Å². The average molecular weight is 205 g/mol. The lowest BCUT2D eigenvalue weighted by Gasteiger charge is -2.21. The van der Waals surface area contributed by atoms with Crippen molar-refractivity contribution in [3.63, 3.8) is 0 Å². The maximum atomic E-state index is 5.80. The van der Waals surface area contributed by atoms with E-state index in [4.69, 9.17) is 5.73 Å². The van der Waals surface area contributed by atoms with Gasteiger partial charge in [0.15, 0.2) is 0 Å². The summed E-state index contributed by atoms with van der Waals surface area (Å²) in [5.74, 6) is 1.12. The number of aromatic nitrogens is 1. The van der Waals surface area contributed by atoms with Crippen molar-refractivity contribution in [2.24, 2.45) is 5.73 Å². The minimum absolute atomic E-state index is 0.588. The van der Waals surface area contributed by atoms with Crippen molar-refractivity contribution in [2.45, 2.75) is 33.2 Å². The van der Waals surface area contributed by atoms with E-state index in [0.29, 0.717) is 6.54 Å². The van der Waals surface area contributed by atoms with E-state index < -0.39 is 0 Å². The first-order valence-electron chi connectivity index (χ1n) is 5.64. The van der Waals surface area contributed by atoms with Gasteiger partial charge in [0.2, 0.25) is 0 Å². The Morgan fingerprint density at radius 2 is 2.00 bits per heavy atom. The lowest BCUT2D eigenvalue weighted by atomic mass is 10.1. The van der Waals surface area contributed by atoms with Gasteiger partial charge in [-0.3, -0.25) is 0 Å². The zero-order chi connectivity index (χ0) is 10.8. The van der Waals surface area contributed by atoms with Crippen molar-refractivity contribution in [2.75, 3.05) is 18.0 Å². The molecule has 1 aliphatic heterocycles. The molecule has 82 valence electrons. The summed E-state index contributed by atoms with van der Waals surface area (Å²) in [6.07, 6.45) is 2.55. The number of anilines is 1. The number of rotatable bonds is 2. The fraction of sp³-hybridized carbons (Fsp3) is 0.583. The van der Waals surface area contributed by atoms with Gasteiger partial charge in [-0.1, -0.05) is 0 Å². The maximum Gasteiger partial charge on any atom is 0.133 e. The Kier molecular flexibility index (Phi) is 2.91. The topological polar surface area (TPSA) is 42.1 Å². The van der Waals surface area contributed by atoms with Crippen molar-refractivity contribution in [3.8, 4) is 0 Å². The summed E-state index contributed by atoms with van der Waals surface area (Å²) in [4.78, 5) is 7.00.